The number of carboxylic acids is 1. The topological polar surface area (TPSA) is 322 Å². The summed E-state index contributed by atoms with van der Waals surface area (Å²) in [5.41, 5.74) is 0.411. The molecular formula is C42H64N4O17S. The second kappa shape index (κ2) is 23.6. The maximum Gasteiger partial charge on any atom is 0.335 e. The summed E-state index contributed by atoms with van der Waals surface area (Å²) in [6.45, 7) is 10.3. The fraction of sp³-hybridized carbons (Fsp3) is 0.690. The van der Waals surface area contributed by atoms with E-state index < -0.39 is 124 Å². The Bertz CT molecular complexity index is 1950. The number of nitrogens with one attached hydrogen (secondary N) is 3. The Morgan fingerprint density at radius 3 is 2.23 bits per heavy atom. The van der Waals surface area contributed by atoms with Gasteiger partial charge < -0.3 is 55.5 Å². The van der Waals surface area contributed by atoms with E-state index in [0.717, 1.165) is 0 Å². The van der Waals surface area contributed by atoms with E-state index in [4.69, 9.17) is 18.8 Å². The SMILES string of the molecule is CCCC(=O)C[C@H]1C[C@@H](COCCS(=O)(=O)O)N(CC(=O)N[C@H](C(=O)N[C@@H](C)C(=O)Nc2ccc(COC(=O)C(C)(C)C)c(CC[C@@H]3O[C@H](C(=O)O)[C@@H](O)[C@H](O)[C@H]3O)c2)C(C)C)C1=O. The van der Waals surface area contributed by atoms with Gasteiger partial charge in [-0.3, -0.25) is 33.3 Å². The van der Waals surface area contributed by atoms with Crippen molar-refractivity contribution < 1.29 is 81.2 Å². The van der Waals surface area contributed by atoms with Crippen molar-refractivity contribution in [1.82, 2.24) is 15.5 Å². The number of hydrogen-bond donors (Lipinski definition) is 8. The molecule has 0 radical (unpaired) electrons. The zero-order valence-corrected chi connectivity index (χ0v) is 38.1. The van der Waals surface area contributed by atoms with Gasteiger partial charge in [0.1, 0.15) is 42.8 Å². The van der Waals surface area contributed by atoms with Crippen molar-refractivity contribution in [3.05, 3.63) is 29.3 Å². The highest BCUT2D eigenvalue weighted by Gasteiger charge is 2.47. The number of aliphatic carboxylic acids is 1. The number of carbonyl (C=O) groups is 7. The normalized spacial score (nSPS) is 23.6. The monoisotopic (exact) mass is 928 g/mol. The van der Waals surface area contributed by atoms with Crippen molar-refractivity contribution in [3.8, 4) is 0 Å². The molecule has 3 rings (SSSR count). The predicted molar refractivity (Wildman–Crippen MR) is 227 cm³/mol. The number of Topliss-reactive ketones (excluding diaryl/α,β-unsaturated/α-hetero) is 1. The zero-order valence-electron chi connectivity index (χ0n) is 37.3. The van der Waals surface area contributed by atoms with Gasteiger partial charge in [0, 0.05) is 24.4 Å². The molecule has 0 spiro atoms. The molecule has 64 heavy (non-hydrogen) atoms. The number of rotatable bonds is 23. The van der Waals surface area contributed by atoms with Crippen molar-refractivity contribution >= 4 is 57.2 Å². The largest absolute Gasteiger partial charge is 0.479 e. The van der Waals surface area contributed by atoms with E-state index in [-0.39, 0.29) is 63.4 Å². The number of aliphatic hydroxyl groups excluding tert-OH is 3. The molecule has 360 valence electrons. The fourth-order valence-corrected chi connectivity index (χ4v) is 7.53. The van der Waals surface area contributed by atoms with E-state index in [2.05, 4.69) is 16.0 Å². The van der Waals surface area contributed by atoms with Crippen LogP contribution in [0.25, 0.3) is 0 Å². The van der Waals surface area contributed by atoms with Crippen molar-refractivity contribution in [2.75, 3.05) is 30.8 Å². The first-order valence-corrected chi connectivity index (χ1v) is 22.8. The minimum atomic E-state index is -4.31. The number of nitrogens with zero attached hydrogens (tertiary/aromatic N) is 1. The Balaban J connectivity index is 1.72. The van der Waals surface area contributed by atoms with Crippen LogP contribution in [0.4, 0.5) is 5.69 Å². The van der Waals surface area contributed by atoms with Crippen LogP contribution < -0.4 is 16.0 Å². The van der Waals surface area contributed by atoms with Crippen molar-refractivity contribution in [1.29, 1.82) is 0 Å². The van der Waals surface area contributed by atoms with E-state index in [1.807, 2.05) is 6.92 Å². The van der Waals surface area contributed by atoms with Gasteiger partial charge in [-0.05, 0) is 82.6 Å². The van der Waals surface area contributed by atoms with E-state index >= 15 is 0 Å². The average molecular weight is 929 g/mol. The number of carboxylic acid groups (broad SMARTS) is 1. The Morgan fingerprint density at radius 1 is 0.969 bits per heavy atom. The zero-order chi connectivity index (χ0) is 48.3. The van der Waals surface area contributed by atoms with Crippen molar-refractivity contribution in [2.24, 2.45) is 17.3 Å². The van der Waals surface area contributed by atoms with Crippen LogP contribution in [0.1, 0.15) is 91.7 Å². The van der Waals surface area contributed by atoms with Gasteiger partial charge in [-0.1, -0.05) is 26.8 Å². The first kappa shape index (κ1) is 53.8. The van der Waals surface area contributed by atoms with E-state index in [1.54, 1.807) is 46.8 Å². The molecular weight excluding hydrogens is 865 g/mol. The third kappa shape index (κ3) is 15.8. The van der Waals surface area contributed by atoms with Gasteiger partial charge in [-0.2, -0.15) is 8.42 Å². The van der Waals surface area contributed by atoms with E-state index in [9.17, 15) is 62.4 Å². The summed E-state index contributed by atoms with van der Waals surface area (Å²) in [4.78, 5) is 91.7. The molecule has 0 saturated carbocycles. The molecule has 1 aromatic carbocycles. The molecule has 2 saturated heterocycles. The molecule has 21 nitrogen and oxygen atoms in total. The third-order valence-corrected chi connectivity index (χ3v) is 11.5. The van der Waals surface area contributed by atoms with E-state index in [1.165, 1.54) is 17.9 Å². The molecule has 2 aliphatic heterocycles. The molecule has 0 bridgehead atoms. The van der Waals surface area contributed by atoms with Gasteiger partial charge in [0.2, 0.25) is 23.6 Å². The average Bonchev–Trinajstić information content (AvgIpc) is 3.47. The number of ether oxygens (including phenoxy) is 3. The lowest BCUT2D eigenvalue weighted by molar-refractivity contribution is -0.228. The summed E-state index contributed by atoms with van der Waals surface area (Å²) in [7, 11) is -4.31. The Hall–Kier alpha value is -4.58. The number of aryl methyl sites for hydroxylation is 1. The molecule has 2 heterocycles. The van der Waals surface area contributed by atoms with Gasteiger partial charge in [0.05, 0.1) is 43.1 Å². The van der Waals surface area contributed by atoms with E-state index in [0.29, 0.717) is 17.5 Å². The van der Waals surface area contributed by atoms with Crippen LogP contribution in [-0.2, 0) is 70.9 Å². The Labute approximate surface area is 372 Å². The quantitative estimate of drug-likeness (QED) is 0.0410. The third-order valence-electron chi connectivity index (χ3n) is 10.9. The maximum absolute atomic E-state index is 13.6. The summed E-state index contributed by atoms with van der Waals surface area (Å²) in [6, 6.07) is 1.61. The number of benzene rings is 1. The fourth-order valence-electron chi connectivity index (χ4n) is 7.20. The second-order valence-electron chi connectivity index (χ2n) is 17.7. The molecule has 1 aromatic rings. The van der Waals surface area contributed by atoms with Gasteiger partial charge >= 0.3 is 11.9 Å². The number of anilines is 1. The van der Waals surface area contributed by atoms with Crippen LogP contribution in [0.5, 0.6) is 0 Å². The molecule has 4 amide bonds. The lowest BCUT2D eigenvalue weighted by Crippen LogP contribution is -2.59. The molecule has 0 unspecified atom stereocenters. The van der Waals surface area contributed by atoms with Gasteiger partial charge in [0.25, 0.3) is 10.1 Å². The van der Waals surface area contributed by atoms with Crippen molar-refractivity contribution in [2.45, 2.75) is 142 Å². The van der Waals surface area contributed by atoms with Gasteiger partial charge in [0.15, 0.2) is 6.10 Å². The smallest absolute Gasteiger partial charge is 0.335 e. The van der Waals surface area contributed by atoms with Gasteiger partial charge in [-0.25, -0.2) is 4.79 Å². The molecule has 2 fully saturated rings. The number of carbonyl (C=O) groups excluding carboxylic acids is 6. The number of amides is 4. The van der Waals surface area contributed by atoms with Crippen molar-refractivity contribution in [3.63, 3.8) is 0 Å². The summed E-state index contributed by atoms with van der Waals surface area (Å²) < 4.78 is 47.6. The number of hydrogen-bond acceptors (Lipinski definition) is 15. The lowest BCUT2D eigenvalue weighted by Gasteiger charge is -2.39. The second-order valence-corrected chi connectivity index (χ2v) is 19.2. The molecule has 22 heteroatoms. The standard InChI is InChI=1S/C42H64N4O17S/c1-8-9-29(47)18-26-17-28(21-61-14-15-64(58,59)60)46(39(26)54)19-31(48)45-32(22(2)3)38(53)43-23(4)37(52)44-27-12-10-25(20-62-41(57)42(5,6)7)24(16-27)11-13-30-33(49)34(50)35(51)36(63-30)40(55)56/h10,12,16,22-23,26,28,30,32-36,49-51H,8-9,11,13-15,17-21H2,1-7H3,(H,43,53)(H,44,52)(H,45,48)(H,55,56)(H,58,59,60)/t23-,26+,28-,30-,32-,33-,34+,35-,36-/m0/s1. The summed E-state index contributed by atoms with van der Waals surface area (Å²) in [5.74, 6) is -6.68. The Morgan fingerprint density at radius 2 is 1.64 bits per heavy atom. The summed E-state index contributed by atoms with van der Waals surface area (Å²) >= 11 is 0. The maximum atomic E-state index is 13.6. The summed E-state index contributed by atoms with van der Waals surface area (Å²) in [5, 5.41) is 48.3. The number of ketones is 1. The highest BCUT2D eigenvalue weighted by atomic mass is 32.2. The minimum Gasteiger partial charge on any atom is -0.479 e. The summed E-state index contributed by atoms with van der Waals surface area (Å²) in [6.07, 6.45) is -7.37. The predicted octanol–water partition coefficient (Wildman–Crippen LogP) is 0.108. The lowest BCUT2D eigenvalue weighted by atomic mass is 9.91. The molecule has 2 aliphatic rings. The number of aliphatic hydroxyl groups is 3. The first-order valence-electron chi connectivity index (χ1n) is 21.2. The molecule has 0 aliphatic carbocycles. The van der Waals surface area contributed by atoms with Crippen LogP contribution in [0.3, 0.4) is 0 Å². The van der Waals surface area contributed by atoms with Gasteiger partial charge in [-0.15, -0.1) is 0 Å². The molecule has 9 atom stereocenters. The minimum absolute atomic E-state index is 0.0487. The van der Waals surface area contributed by atoms with Crippen LogP contribution >= 0.6 is 0 Å². The molecule has 0 aromatic heterocycles. The molecule has 8 N–H and O–H groups in total. The first-order chi connectivity index (χ1) is 29.7. The highest BCUT2D eigenvalue weighted by Crippen LogP contribution is 2.30. The number of esters is 1. The van der Waals surface area contributed by atoms with Crippen LogP contribution in [-0.4, -0.2) is 154 Å². The highest BCUT2D eigenvalue weighted by molar-refractivity contribution is 7.85. The van der Waals surface area contributed by atoms with Crippen LogP contribution in [0.15, 0.2) is 18.2 Å². The van der Waals surface area contributed by atoms with Crippen LogP contribution in [0.2, 0.25) is 0 Å². The Kier molecular flexibility index (Phi) is 19.8. The number of likely N-dealkylation sites (tertiary alicyclic amines) is 1. The van der Waals surface area contributed by atoms with Crippen LogP contribution in [0, 0.1) is 17.3 Å².